The first kappa shape index (κ1) is 11.1. The van der Waals surface area contributed by atoms with Crippen molar-refractivity contribution in [1.82, 2.24) is 0 Å². The molecule has 0 aromatic carbocycles. The zero-order valence-electron chi connectivity index (χ0n) is 7.68. The van der Waals surface area contributed by atoms with Crippen molar-refractivity contribution in [3.63, 3.8) is 0 Å². The highest BCUT2D eigenvalue weighted by Crippen LogP contribution is 2.29. The summed E-state index contributed by atoms with van der Waals surface area (Å²) in [5.74, 6) is 0. The van der Waals surface area contributed by atoms with Crippen LogP contribution in [0.3, 0.4) is 0 Å². The maximum absolute atomic E-state index is 10.4. The van der Waals surface area contributed by atoms with Crippen molar-refractivity contribution in [3.05, 3.63) is 27.1 Å². The molecule has 14 heavy (non-hydrogen) atoms. The lowest BCUT2D eigenvalue weighted by molar-refractivity contribution is -0.380. The molecule has 0 unspecified atom stereocenters. The maximum atomic E-state index is 10.4. The molecule has 0 amide bonds. The average Bonchev–Trinajstić information content (AvgIpc) is 2.62. The van der Waals surface area contributed by atoms with Crippen LogP contribution in [0.2, 0.25) is 0 Å². The van der Waals surface area contributed by atoms with Gasteiger partial charge in [-0.3, -0.25) is 10.1 Å². The molecular weight excluding hydrogens is 202 g/mol. The Bertz CT molecular complexity index is 313. The Balaban J connectivity index is 2.61. The molecule has 0 bridgehead atoms. The first-order valence-electron chi connectivity index (χ1n) is 4.35. The number of rotatable bonds is 5. The van der Waals surface area contributed by atoms with Gasteiger partial charge in [-0.15, -0.1) is 0 Å². The Morgan fingerprint density at radius 1 is 1.57 bits per heavy atom. The average molecular weight is 215 g/mol. The van der Waals surface area contributed by atoms with Gasteiger partial charge in [-0.05, 0) is 25.5 Å². The molecule has 1 aromatic rings. The lowest BCUT2D eigenvalue weighted by Gasteiger charge is -2.06. The lowest BCUT2D eigenvalue weighted by Crippen LogP contribution is -2.10. The summed E-state index contributed by atoms with van der Waals surface area (Å²) in [6.07, 6.45) is 1.61. The first-order valence-corrected chi connectivity index (χ1v) is 5.16. The van der Waals surface area contributed by atoms with E-state index in [1.54, 1.807) is 6.07 Å². The van der Waals surface area contributed by atoms with Gasteiger partial charge in [0, 0.05) is 17.0 Å². The zero-order valence-corrected chi connectivity index (χ0v) is 8.50. The van der Waals surface area contributed by atoms with E-state index in [1.165, 1.54) is 6.07 Å². The normalized spacial score (nSPS) is 12.7. The minimum Gasteiger partial charge on any atom is -0.330 e. The lowest BCUT2D eigenvalue weighted by atomic mass is 10.1. The van der Waals surface area contributed by atoms with Crippen molar-refractivity contribution in [1.29, 1.82) is 0 Å². The minimum absolute atomic E-state index is 0.128. The molecule has 1 atom stereocenters. The van der Waals surface area contributed by atoms with E-state index >= 15 is 0 Å². The quantitative estimate of drug-likeness (QED) is 0.573. The summed E-state index contributed by atoms with van der Waals surface area (Å²) in [6.45, 7) is 0.598. The fraction of sp³-hybridized carbons (Fsp3) is 0.500. The van der Waals surface area contributed by atoms with Crippen molar-refractivity contribution < 1.29 is 4.92 Å². The highest BCUT2D eigenvalue weighted by molar-refractivity contribution is 7.15. The van der Waals surface area contributed by atoms with E-state index in [0.29, 0.717) is 6.54 Å². The van der Waals surface area contributed by atoms with Crippen LogP contribution in [-0.4, -0.2) is 11.5 Å². The van der Waals surface area contributed by atoms with Gasteiger partial charge in [0.1, 0.15) is 0 Å². The molecule has 1 aromatic heterocycles. The molecule has 0 aliphatic rings. The van der Waals surface area contributed by atoms with Gasteiger partial charge in [-0.25, -0.2) is 0 Å². The standard InChI is InChI=1S/C8H13N3O2S/c9-5-1-2-6(10)7-3-4-8(14-7)11(12)13/h3-4,6H,1-2,5,9-10H2/t6-/m1/s1. The van der Waals surface area contributed by atoms with Gasteiger partial charge in [0.25, 0.3) is 0 Å². The van der Waals surface area contributed by atoms with E-state index in [2.05, 4.69) is 0 Å². The molecule has 78 valence electrons. The zero-order chi connectivity index (χ0) is 10.6. The van der Waals surface area contributed by atoms with Crippen LogP contribution < -0.4 is 11.5 Å². The van der Waals surface area contributed by atoms with Crippen LogP contribution in [0, 0.1) is 10.1 Å². The molecule has 0 radical (unpaired) electrons. The Morgan fingerprint density at radius 2 is 2.29 bits per heavy atom. The van der Waals surface area contributed by atoms with Gasteiger partial charge >= 0.3 is 5.00 Å². The Morgan fingerprint density at radius 3 is 2.79 bits per heavy atom. The third kappa shape index (κ3) is 2.76. The molecule has 4 N–H and O–H groups in total. The number of hydrogen-bond donors (Lipinski definition) is 2. The second-order valence-corrected chi connectivity index (χ2v) is 4.06. The molecular formula is C8H13N3O2S. The molecule has 5 nitrogen and oxygen atoms in total. The van der Waals surface area contributed by atoms with Crippen LogP contribution in [0.5, 0.6) is 0 Å². The van der Waals surface area contributed by atoms with E-state index in [9.17, 15) is 10.1 Å². The molecule has 1 rings (SSSR count). The third-order valence-electron chi connectivity index (χ3n) is 1.88. The van der Waals surface area contributed by atoms with Gasteiger partial charge in [-0.1, -0.05) is 11.3 Å². The van der Waals surface area contributed by atoms with Gasteiger partial charge in [0.15, 0.2) is 0 Å². The second kappa shape index (κ2) is 5.04. The molecule has 0 fully saturated rings. The molecule has 1 heterocycles. The van der Waals surface area contributed by atoms with Crippen molar-refractivity contribution >= 4 is 16.3 Å². The van der Waals surface area contributed by atoms with E-state index in [4.69, 9.17) is 11.5 Å². The third-order valence-corrected chi connectivity index (χ3v) is 3.05. The topological polar surface area (TPSA) is 95.2 Å². The summed E-state index contributed by atoms with van der Waals surface area (Å²) >= 11 is 1.13. The fourth-order valence-electron chi connectivity index (χ4n) is 1.12. The van der Waals surface area contributed by atoms with Gasteiger partial charge in [0.2, 0.25) is 0 Å². The molecule has 0 saturated heterocycles. The van der Waals surface area contributed by atoms with Crippen molar-refractivity contribution in [2.45, 2.75) is 18.9 Å². The van der Waals surface area contributed by atoms with E-state index in [1.807, 2.05) is 0 Å². The van der Waals surface area contributed by atoms with Gasteiger partial charge < -0.3 is 11.5 Å². The maximum Gasteiger partial charge on any atom is 0.324 e. The van der Waals surface area contributed by atoms with Crippen LogP contribution in [0.4, 0.5) is 5.00 Å². The summed E-state index contributed by atoms with van der Waals surface area (Å²) in [6, 6.07) is 3.07. The molecule has 0 aliphatic carbocycles. The summed E-state index contributed by atoms with van der Waals surface area (Å²) in [5, 5.41) is 10.5. The fourth-order valence-corrected chi connectivity index (χ4v) is 1.98. The first-order chi connectivity index (χ1) is 6.65. The predicted octanol–water partition coefficient (Wildman–Crippen LogP) is 1.40. The highest BCUT2D eigenvalue weighted by Gasteiger charge is 2.14. The van der Waals surface area contributed by atoms with Crippen LogP contribution in [-0.2, 0) is 0 Å². The number of nitrogens with zero attached hydrogens (tertiary/aromatic N) is 1. The Labute approximate surface area is 85.9 Å². The Hall–Kier alpha value is -0.980. The van der Waals surface area contributed by atoms with Crippen LogP contribution >= 0.6 is 11.3 Å². The highest BCUT2D eigenvalue weighted by atomic mass is 32.1. The van der Waals surface area contributed by atoms with Crippen LogP contribution in [0.1, 0.15) is 23.8 Å². The van der Waals surface area contributed by atoms with E-state index in [0.717, 1.165) is 29.1 Å². The van der Waals surface area contributed by atoms with Crippen molar-refractivity contribution in [2.24, 2.45) is 11.5 Å². The monoisotopic (exact) mass is 215 g/mol. The molecule has 0 saturated carbocycles. The summed E-state index contributed by atoms with van der Waals surface area (Å²) in [7, 11) is 0. The number of thiophene rings is 1. The SMILES string of the molecule is NCCC[C@@H](N)c1ccc([N+](=O)[O-])s1. The minimum atomic E-state index is -0.399. The molecule has 6 heteroatoms. The number of nitro groups is 1. The summed E-state index contributed by atoms with van der Waals surface area (Å²) in [4.78, 5) is 10.9. The number of hydrogen-bond acceptors (Lipinski definition) is 5. The van der Waals surface area contributed by atoms with Crippen LogP contribution in [0.15, 0.2) is 12.1 Å². The largest absolute Gasteiger partial charge is 0.330 e. The van der Waals surface area contributed by atoms with E-state index in [-0.39, 0.29) is 11.0 Å². The smallest absolute Gasteiger partial charge is 0.324 e. The van der Waals surface area contributed by atoms with Crippen molar-refractivity contribution in [3.8, 4) is 0 Å². The summed E-state index contributed by atoms with van der Waals surface area (Å²) in [5.41, 5.74) is 11.2. The Kier molecular flexibility index (Phi) is 3.99. The second-order valence-electron chi connectivity index (χ2n) is 2.97. The summed E-state index contributed by atoms with van der Waals surface area (Å²) < 4.78 is 0. The van der Waals surface area contributed by atoms with Crippen molar-refractivity contribution in [2.75, 3.05) is 6.54 Å². The molecule has 0 aliphatic heterocycles. The van der Waals surface area contributed by atoms with E-state index < -0.39 is 4.92 Å². The number of nitrogens with two attached hydrogens (primary N) is 2. The predicted molar refractivity (Wildman–Crippen MR) is 56.2 cm³/mol. The molecule has 0 spiro atoms. The van der Waals surface area contributed by atoms with Gasteiger partial charge in [0.05, 0.1) is 4.92 Å². The van der Waals surface area contributed by atoms with Crippen LogP contribution in [0.25, 0.3) is 0 Å². The van der Waals surface area contributed by atoms with Gasteiger partial charge in [-0.2, -0.15) is 0 Å².